The van der Waals surface area contributed by atoms with Crippen LogP contribution in [0.4, 0.5) is 0 Å². The van der Waals surface area contributed by atoms with Gasteiger partial charge in [-0.2, -0.15) is 0 Å². The molecule has 0 unspecified atom stereocenters. The molecule has 2 amide bonds. The Hall–Kier alpha value is -0.380. The lowest BCUT2D eigenvalue weighted by Gasteiger charge is -2.04. The second-order valence-electron chi connectivity index (χ2n) is 5.30. The van der Waals surface area contributed by atoms with E-state index in [0.29, 0.717) is 12.8 Å². The standard InChI is InChI=1S/C16H31NO2.BrH/c1-3-5-7-9-11-13-15(18)17-16(19)14-12-10-8-6-4-2;/h3-14H2,1-2H3,(H,17,18,19);1H. The Morgan fingerprint density at radius 3 is 1.35 bits per heavy atom. The average Bonchev–Trinajstić information content (AvgIpc) is 2.38. The largest absolute Gasteiger partial charge is 0.296 e. The summed E-state index contributed by atoms with van der Waals surface area (Å²) in [4.78, 5) is 23.0. The van der Waals surface area contributed by atoms with Crippen LogP contribution in [0.1, 0.15) is 90.9 Å². The van der Waals surface area contributed by atoms with Gasteiger partial charge in [-0.05, 0) is 12.8 Å². The minimum atomic E-state index is -0.102. The number of carbonyl (C=O) groups is 2. The Labute approximate surface area is 135 Å². The first-order valence-corrected chi connectivity index (χ1v) is 8.03. The molecule has 0 aliphatic heterocycles. The monoisotopic (exact) mass is 349 g/mol. The van der Waals surface area contributed by atoms with Crippen molar-refractivity contribution in [2.75, 3.05) is 0 Å². The molecular weight excluding hydrogens is 318 g/mol. The van der Waals surface area contributed by atoms with Crippen molar-refractivity contribution in [3.05, 3.63) is 0 Å². The molecule has 0 fully saturated rings. The number of imide groups is 1. The number of halogens is 1. The summed E-state index contributed by atoms with van der Waals surface area (Å²) in [5.74, 6) is -0.204. The van der Waals surface area contributed by atoms with Crippen molar-refractivity contribution in [2.45, 2.75) is 90.9 Å². The van der Waals surface area contributed by atoms with Crippen molar-refractivity contribution >= 4 is 28.8 Å². The molecule has 0 radical (unpaired) electrons. The molecule has 0 saturated heterocycles. The lowest BCUT2D eigenvalue weighted by molar-refractivity contribution is -0.130. The first kappa shape index (κ1) is 21.9. The molecular formula is C16H32BrNO2. The summed E-state index contributed by atoms with van der Waals surface area (Å²) >= 11 is 0. The van der Waals surface area contributed by atoms with Crippen LogP contribution in [-0.2, 0) is 9.59 Å². The SMILES string of the molecule is Br.CCCCCCCC(=O)NC(=O)CCCCCCC. The summed E-state index contributed by atoms with van der Waals surface area (Å²) in [6.45, 7) is 4.35. The van der Waals surface area contributed by atoms with Crippen LogP contribution in [0, 0.1) is 0 Å². The van der Waals surface area contributed by atoms with E-state index in [0.717, 1.165) is 25.7 Å². The molecule has 0 bridgehead atoms. The molecule has 0 heterocycles. The Balaban J connectivity index is 0. The minimum absolute atomic E-state index is 0. The number of unbranched alkanes of at least 4 members (excludes halogenated alkanes) is 8. The molecule has 120 valence electrons. The lowest BCUT2D eigenvalue weighted by Crippen LogP contribution is -2.29. The zero-order valence-corrected chi connectivity index (χ0v) is 14.9. The number of hydrogen-bond donors (Lipinski definition) is 1. The van der Waals surface area contributed by atoms with E-state index in [4.69, 9.17) is 0 Å². The van der Waals surface area contributed by atoms with E-state index in [1.54, 1.807) is 0 Å². The normalized spacial score (nSPS) is 9.90. The van der Waals surface area contributed by atoms with Crippen LogP contribution in [-0.4, -0.2) is 11.8 Å². The summed E-state index contributed by atoms with van der Waals surface area (Å²) in [7, 11) is 0. The molecule has 20 heavy (non-hydrogen) atoms. The third-order valence-corrected chi connectivity index (χ3v) is 3.29. The fourth-order valence-corrected chi connectivity index (χ4v) is 2.06. The smallest absolute Gasteiger partial charge is 0.226 e. The molecule has 0 atom stereocenters. The summed E-state index contributed by atoms with van der Waals surface area (Å²) in [6.07, 6.45) is 12.2. The Kier molecular flexibility index (Phi) is 18.3. The van der Waals surface area contributed by atoms with Crippen LogP contribution < -0.4 is 5.32 Å². The maximum Gasteiger partial charge on any atom is 0.226 e. The van der Waals surface area contributed by atoms with Crippen molar-refractivity contribution in [1.29, 1.82) is 0 Å². The minimum Gasteiger partial charge on any atom is -0.296 e. The highest BCUT2D eigenvalue weighted by Gasteiger charge is 2.06. The van der Waals surface area contributed by atoms with E-state index in [9.17, 15) is 9.59 Å². The van der Waals surface area contributed by atoms with Gasteiger partial charge in [-0.15, -0.1) is 17.0 Å². The zero-order valence-electron chi connectivity index (χ0n) is 13.2. The highest BCUT2D eigenvalue weighted by molar-refractivity contribution is 8.93. The number of rotatable bonds is 12. The average molecular weight is 350 g/mol. The van der Waals surface area contributed by atoms with Crippen molar-refractivity contribution in [2.24, 2.45) is 0 Å². The highest BCUT2D eigenvalue weighted by atomic mass is 79.9. The molecule has 3 nitrogen and oxygen atoms in total. The zero-order chi connectivity index (χ0) is 14.3. The van der Waals surface area contributed by atoms with Gasteiger partial charge in [0.1, 0.15) is 0 Å². The fourth-order valence-electron chi connectivity index (χ4n) is 2.06. The molecule has 0 saturated carbocycles. The van der Waals surface area contributed by atoms with E-state index in [2.05, 4.69) is 19.2 Å². The molecule has 0 aromatic carbocycles. The van der Waals surface area contributed by atoms with Crippen LogP contribution >= 0.6 is 17.0 Å². The summed E-state index contributed by atoms with van der Waals surface area (Å²) < 4.78 is 0. The second kappa shape index (κ2) is 16.7. The molecule has 0 rings (SSSR count). The number of hydrogen-bond acceptors (Lipinski definition) is 2. The van der Waals surface area contributed by atoms with Crippen LogP contribution in [0.3, 0.4) is 0 Å². The molecule has 0 aliphatic rings. The predicted molar refractivity (Wildman–Crippen MR) is 90.2 cm³/mol. The van der Waals surface area contributed by atoms with E-state index in [-0.39, 0.29) is 28.8 Å². The molecule has 0 spiro atoms. The number of amides is 2. The number of nitrogens with one attached hydrogen (secondary N) is 1. The molecule has 0 aromatic rings. The fraction of sp³-hybridized carbons (Fsp3) is 0.875. The van der Waals surface area contributed by atoms with Gasteiger partial charge in [0.25, 0.3) is 0 Å². The maximum atomic E-state index is 11.5. The Bertz CT molecular complexity index is 221. The van der Waals surface area contributed by atoms with Gasteiger partial charge in [0, 0.05) is 12.8 Å². The first-order valence-electron chi connectivity index (χ1n) is 8.03. The van der Waals surface area contributed by atoms with Crippen LogP contribution in [0.2, 0.25) is 0 Å². The van der Waals surface area contributed by atoms with Gasteiger partial charge in [-0.25, -0.2) is 0 Å². The van der Waals surface area contributed by atoms with Crippen molar-refractivity contribution < 1.29 is 9.59 Å². The summed E-state index contributed by atoms with van der Waals surface area (Å²) in [6, 6.07) is 0. The Morgan fingerprint density at radius 2 is 1.00 bits per heavy atom. The second-order valence-corrected chi connectivity index (χ2v) is 5.30. The van der Waals surface area contributed by atoms with Crippen molar-refractivity contribution in [3.8, 4) is 0 Å². The van der Waals surface area contributed by atoms with Gasteiger partial charge in [0.15, 0.2) is 0 Å². The highest BCUT2D eigenvalue weighted by Crippen LogP contribution is 2.06. The summed E-state index contributed by atoms with van der Waals surface area (Å²) in [5, 5.41) is 2.48. The molecule has 0 aromatic heterocycles. The number of carbonyl (C=O) groups excluding carboxylic acids is 2. The molecule has 4 heteroatoms. The summed E-state index contributed by atoms with van der Waals surface area (Å²) in [5.41, 5.74) is 0. The van der Waals surface area contributed by atoms with Gasteiger partial charge in [0.05, 0.1) is 0 Å². The predicted octanol–water partition coefficient (Wildman–Crippen LogP) is 4.93. The molecule has 1 N–H and O–H groups in total. The van der Waals surface area contributed by atoms with Gasteiger partial charge in [0.2, 0.25) is 11.8 Å². The van der Waals surface area contributed by atoms with Crippen LogP contribution in [0.25, 0.3) is 0 Å². The lowest BCUT2D eigenvalue weighted by atomic mass is 10.1. The molecule has 0 aliphatic carbocycles. The van der Waals surface area contributed by atoms with Gasteiger partial charge in [-0.1, -0.05) is 65.2 Å². The third kappa shape index (κ3) is 15.7. The van der Waals surface area contributed by atoms with Crippen LogP contribution in [0.15, 0.2) is 0 Å². The van der Waals surface area contributed by atoms with E-state index in [1.165, 1.54) is 38.5 Å². The Morgan fingerprint density at radius 1 is 0.650 bits per heavy atom. The van der Waals surface area contributed by atoms with Crippen molar-refractivity contribution in [1.82, 2.24) is 5.32 Å². The van der Waals surface area contributed by atoms with Gasteiger partial charge < -0.3 is 0 Å². The topological polar surface area (TPSA) is 46.2 Å². The van der Waals surface area contributed by atoms with E-state index >= 15 is 0 Å². The quantitative estimate of drug-likeness (QED) is 0.507. The third-order valence-electron chi connectivity index (χ3n) is 3.29. The first-order chi connectivity index (χ1) is 9.20. The van der Waals surface area contributed by atoms with E-state index in [1.807, 2.05) is 0 Å². The van der Waals surface area contributed by atoms with Gasteiger partial charge >= 0.3 is 0 Å². The van der Waals surface area contributed by atoms with Gasteiger partial charge in [-0.3, -0.25) is 14.9 Å². The van der Waals surface area contributed by atoms with Crippen LogP contribution in [0.5, 0.6) is 0 Å². The van der Waals surface area contributed by atoms with Crippen molar-refractivity contribution in [3.63, 3.8) is 0 Å². The maximum absolute atomic E-state index is 11.5. The van der Waals surface area contributed by atoms with E-state index < -0.39 is 0 Å².